The van der Waals surface area contributed by atoms with Crippen LogP contribution in [0.15, 0.2) is 23.1 Å². The Bertz CT molecular complexity index is 841. The van der Waals surface area contributed by atoms with Crippen molar-refractivity contribution in [2.24, 2.45) is 0 Å². The third-order valence-electron chi connectivity index (χ3n) is 5.89. The maximum Gasteiger partial charge on any atom is 0.254 e. The minimum Gasteiger partial charge on any atom is -0.336 e. The molecule has 0 bridgehead atoms. The van der Waals surface area contributed by atoms with E-state index in [0.29, 0.717) is 0 Å². The molecular formula is C21H29N5OS. The molecule has 3 heterocycles. The molecule has 0 spiro atoms. The molecule has 0 aliphatic carbocycles. The van der Waals surface area contributed by atoms with E-state index in [-0.39, 0.29) is 5.91 Å². The van der Waals surface area contributed by atoms with Gasteiger partial charge >= 0.3 is 0 Å². The van der Waals surface area contributed by atoms with Crippen LogP contribution in [0.5, 0.6) is 0 Å². The summed E-state index contributed by atoms with van der Waals surface area (Å²) in [7, 11) is 0. The number of fused-ring (bicyclic) bond motifs is 1. The van der Waals surface area contributed by atoms with Gasteiger partial charge in [0.05, 0.1) is 6.54 Å². The van der Waals surface area contributed by atoms with E-state index in [1.165, 1.54) is 19.3 Å². The van der Waals surface area contributed by atoms with Gasteiger partial charge in [0.15, 0.2) is 0 Å². The van der Waals surface area contributed by atoms with E-state index in [1.807, 2.05) is 30.2 Å². The molecule has 7 heteroatoms. The number of nitrogens with zero attached hydrogens (tertiary/aromatic N) is 5. The smallest absolute Gasteiger partial charge is 0.254 e. The van der Waals surface area contributed by atoms with Gasteiger partial charge in [-0.3, -0.25) is 9.69 Å². The average Bonchev–Trinajstić information content (AvgIpc) is 2.94. The van der Waals surface area contributed by atoms with Gasteiger partial charge in [0, 0.05) is 49.6 Å². The second-order valence-electron chi connectivity index (χ2n) is 7.74. The van der Waals surface area contributed by atoms with Crippen molar-refractivity contribution < 1.29 is 4.79 Å². The Morgan fingerprint density at radius 2 is 1.89 bits per heavy atom. The van der Waals surface area contributed by atoms with Crippen LogP contribution in [-0.4, -0.2) is 62.9 Å². The third kappa shape index (κ3) is 4.10. The van der Waals surface area contributed by atoms with Crippen molar-refractivity contribution in [3.8, 4) is 0 Å². The topological polar surface area (TPSA) is 54.3 Å². The van der Waals surface area contributed by atoms with E-state index < -0.39 is 0 Å². The van der Waals surface area contributed by atoms with Crippen molar-refractivity contribution in [2.75, 3.05) is 32.4 Å². The summed E-state index contributed by atoms with van der Waals surface area (Å²) in [4.78, 5) is 18.5. The Hall–Kier alpha value is -1.86. The summed E-state index contributed by atoms with van der Waals surface area (Å²) in [6, 6.07) is 6.16. The fourth-order valence-corrected chi connectivity index (χ4v) is 4.54. The van der Waals surface area contributed by atoms with Crippen molar-refractivity contribution in [3.63, 3.8) is 0 Å². The van der Waals surface area contributed by atoms with Gasteiger partial charge in [0.25, 0.3) is 5.91 Å². The fraction of sp³-hybridized carbons (Fsp3) is 0.571. The normalized spacial score (nSPS) is 18.0. The summed E-state index contributed by atoms with van der Waals surface area (Å²) in [6.07, 6.45) is 6.80. The zero-order valence-corrected chi connectivity index (χ0v) is 17.7. The van der Waals surface area contributed by atoms with Crippen LogP contribution in [0.25, 0.3) is 0 Å². The van der Waals surface area contributed by atoms with Gasteiger partial charge in [-0.1, -0.05) is 12.5 Å². The van der Waals surface area contributed by atoms with Crippen LogP contribution in [0.4, 0.5) is 0 Å². The van der Waals surface area contributed by atoms with Gasteiger partial charge in [0.2, 0.25) is 0 Å². The highest BCUT2D eigenvalue weighted by Crippen LogP contribution is 2.21. The molecule has 6 nitrogen and oxygen atoms in total. The van der Waals surface area contributed by atoms with E-state index in [2.05, 4.69) is 25.7 Å². The number of aryl methyl sites for hydroxylation is 2. The van der Waals surface area contributed by atoms with Crippen molar-refractivity contribution >= 4 is 17.7 Å². The van der Waals surface area contributed by atoms with E-state index in [1.54, 1.807) is 11.8 Å². The standard InChI is InChI=1S/C21H29N5OS/c1-16-7-8-17(28-2)14-18(16)21(27)25-12-10-24(11-13-25)15-20-23-22-19-6-4-3-5-9-26(19)20/h7-8,14H,3-6,9-13,15H2,1-2H3. The molecule has 28 heavy (non-hydrogen) atoms. The maximum absolute atomic E-state index is 13.0. The molecule has 0 unspecified atom stereocenters. The van der Waals surface area contributed by atoms with Crippen molar-refractivity contribution in [2.45, 2.75) is 50.6 Å². The summed E-state index contributed by atoms with van der Waals surface area (Å²) >= 11 is 1.68. The second kappa shape index (κ2) is 8.66. The number of hydrogen-bond acceptors (Lipinski definition) is 5. The molecule has 1 aromatic heterocycles. The second-order valence-corrected chi connectivity index (χ2v) is 8.62. The summed E-state index contributed by atoms with van der Waals surface area (Å²) in [5.41, 5.74) is 1.89. The van der Waals surface area contributed by atoms with E-state index in [9.17, 15) is 4.79 Å². The first-order valence-electron chi connectivity index (χ1n) is 10.2. The van der Waals surface area contributed by atoms with Gasteiger partial charge in [-0.2, -0.15) is 0 Å². The zero-order chi connectivity index (χ0) is 19.5. The lowest BCUT2D eigenvalue weighted by molar-refractivity contribution is 0.0623. The molecule has 150 valence electrons. The van der Waals surface area contributed by atoms with Crippen LogP contribution in [0, 0.1) is 6.92 Å². The first kappa shape index (κ1) is 19.5. The minimum absolute atomic E-state index is 0.157. The summed E-state index contributed by atoms with van der Waals surface area (Å²) in [5, 5.41) is 8.87. The van der Waals surface area contributed by atoms with Crippen LogP contribution in [0.2, 0.25) is 0 Å². The molecule has 1 amide bonds. The monoisotopic (exact) mass is 399 g/mol. The van der Waals surface area contributed by atoms with Crippen molar-refractivity contribution in [1.82, 2.24) is 24.6 Å². The molecule has 0 atom stereocenters. The number of thioether (sulfide) groups is 1. The Morgan fingerprint density at radius 1 is 1.07 bits per heavy atom. The number of amides is 1. The molecule has 0 saturated carbocycles. The number of carbonyl (C=O) groups is 1. The quantitative estimate of drug-likeness (QED) is 0.740. The zero-order valence-electron chi connectivity index (χ0n) is 16.9. The highest BCUT2D eigenvalue weighted by Gasteiger charge is 2.25. The van der Waals surface area contributed by atoms with E-state index in [0.717, 1.165) is 73.4 Å². The summed E-state index contributed by atoms with van der Waals surface area (Å²) in [6.45, 7) is 7.19. The summed E-state index contributed by atoms with van der Waals surface area (Å²) < 4.78 is 2.32. The molecule has 2 aliphatic rings. The number of hydrogen-bond donors (Lipinski definition) is 0. The Labute approximate surface area is 171 Å². The van der Waals surface area contributed by atoms with Crippen LogP contribution in [-0.2, 0) is 19.5 Å². The molecule has 1 saturated heterocycles. The van der Waals surface area contributed by atoms with Crippen LogP contribution >= 0.6 is 11.8 Å². The largest absolute Gasteiger partial charge is 0.336 e. The number of carbonyl (C=O) groups excluding carboxylic acids is 1. The first-order chi connectivity index (χ1) is 13.7. The molecule has 1 aromatic carbocycles. The SMILES string of the molecule is CSc1ccc(C)c(C(=O)N2CCN(Cc3nnc4n3CCCCC4)CC2)c1. The Kier molecular flexibility index (Phi) is 6.01. The van der Waals surface area contributed by atoms with Gasteiger partial charge in [-0.05, 0) is 43.7 Å². The highest BCUT2D eigenvalue weighted by molar-refractivity contribution is 7.98. The molecule has 2 aromatic rings. The molecule has 4 rings (SSSR count). The average molecular weight is 400 g/mol. The lowest BCUT2D eigenvalue weighted by Gasteiger charge is -2.34. The maximum atomic E-state index is 13.0. The highest BCUT2D eigenvalue weighted by atomic mass is 32.2. The molecule has 0 N–H and O–H groups in total. The fourth-order valence-electron chi connectivity index (χ4n) is 4.10. The van der Waals surface area contributed by atoms with Crippen LogP contribution < -0.4 is 0 Å². The van der Waals surface area contributed by atoms with Crippen molar-refractivity contribution in [3.05, 3.63) is 41.0 Å². The molecule has 2 aliphatic heterocycles. The van der Waals surface area contributed by atoms with Crippen LogP contribution in [0.1, 0.15) is 46.8 Å². The lowest BCUT2D eigenvalue weighted by Crippen LogP contribution is -2.48. The van der Waals surface area contributed by atoms with Gasteiger partial charge in [-0.15, -0.1) is 22.0 Å². The third-order valence-corrected chi connectivity index (χ3v) is 6.61. The number of piperazine rings is 1. The molecule has 0 radical (unpaired) electrons. The Morgan fingerprint density at radius 3 is 2.68 bits per heavy atom. The number of rotatable bonds is 4. The minimum atomic E-state index is 0.157. The Balaban J connectivity index is 1.37. The molecule has 1 fully saturated rings. The van der Waals surface area contributed by atoms with Crippen LogP contribution in [0.3, 0.4) is 0 Å². The number of benzene rings is 1. The lowest BCUT2D eigenvalue weighted by atomic mass is 10.1. The summed E-state index contributed by atoms with van der Waals surface area (Å²) in [5.74, 6) is 2.38. The predicted molar refractivity (Wildman–Crippen MR) is 112 cm³/mol. The van der Waals surface area contributed by atoms with Gasteiger partial charge < -0.3 is 9.47 Å². The van der Waals surface area contributed by atoms with Gasteiger partial charge in [0.1, 0.15) is 11.6 Å². The first-order valence-corrected chi connectivity index (χ1v) is 11.5. The predicted octanol–water partition coefficient (Wildman–Crippen LogP) is 2.99. The van der Waals surface area contributed by atoms with Gasteiger partial charge in [-0.25, -0.2) is 0 Å². The van der Waals surface area contributed by atoms with Crippen molar-refractivity contribution in [1.29, 1.82) is 0 Å². The van der Waals surface area contributed by atoms with E-state index in [4.69, 9.17) is 0 Å². The molecular weight excluding hydrogens is 370 g/mol. The number of aromatic nitrogens is 3. The van der Waals surface area contributed by atoms with E-state index >= 15 is 0 Å².